The zero-order valence-electron chi connectivity index (χ0n) is 10.1. The molecule has 0 aromatic carbocycles. The Bertz CT molecular complexity index is 175. The van der Waals surface area contributed by atoms with E-state index >= 15 is 0 Å². The SMILES string of the molecule is CNCCN(CC1NCCC1F)C(C)C. The first-order valence-electron chi connectivity index (χ1n) is 5.91. The van der Waals surface area contributed by atoms with Gasteiger partial charge in [-0.1, -0.05) is 0 Å². The molecule has 1 aliphatic heterocycles. The molecule has 2 N–H and O–H groups in total. The molecule has 0 aliphatic carbocycles. The summed E-state index contributed by atoms with van der Waals surface area (Å²) in [5, 5.41) is 6.36. The topological polar surface area (TPSA) is 27.3 Å². The number of nitrogens with one attached hydrogen (secondary N) is 2. The van der Waals surface area contributed by atoms with Crippen LogP contribution in [0.25, 0.3) is 0 Å². The van der Waals surface area contributed by atoms with Crippen molar-refractivity contribution in [2.75, 3.05) is 33.2 Å². The molecule has 0 aromatic heterocycles. The van der Waals surface area contributed by atoms with Crippen molar-refractivity contribution in [2.45, 2.75) is 38.5 Å². The van der Waals surface area contributed by atoms with Crippen LogP contribution in [0.2, 0.25) is 0 Å². The molecule has 1 fully saturated rings. The van der Waals surface area contributed by atoms with Crippen LogP contribution in [0, 0.1) is 0 Å². The summed E-state index contributed by atoms with van der Waals surface area (Å²) >= 11 is 0. The number of rotatable bonds is 6. The maximum atomic E-state index is 13.4. The zero-order valence-corrected chi connectivity index (χ0v) is 10.1. The van der Waals surface area contributed by atoms with E-state index in [1.54, 1.807) is 0 Å². The molecule has 4 heteroatoms. The van der Waals surface area contributed by atoms with E-state index in [-0.39, 0.29) is 6.04 Å². The second-order valence-electron chi connectivity index (χ2n) is 4.56. The number of hydrogen-bond donors (Lipinski definition) is 2. The van der Waals surface area contributed by atoms with Gasteiger partial charge in [-0.3, -0.25) is 4.90 Å². The molecule has 1 heterocycles. The van der Waals surface area contributed by atoms with Crippen molar-refractivity contribution >= 4 is 0 Å². The monoisotopic (exact) mass is 217 g/mol. The molecule has 0 saturated carbocycles. The highest BCUT2D eigenvalue weighted by molar-refractivity contribution is 4.87. The van der Waals surface area contributed by atoms with Crippen molar-refractivity contribution in [2.24, 2.45) is 0 Å². The van der Waals surface area contributed by atoms with Gasteiger partial charge >= 0.3 is 0 Å². The molecule has 0 bridgehead atoms. The lowest BCUT2D eigenvalue weighted by atomic mass is 10.1. The minimum absolute atomic E-state index is 0.0317. The summed E-state index contributed by atoms with van der Waals surface area (Å²) in [5.41, 5.74) is 0. The van der Waals surface area contributed by atoms with Crippen molar-refractivity contribution in [1.82, 2.24) is 15.5 Å². The number of hydrogen-bond acceptors (Lipinski definition) is 3. The third kappa shape index (κ3) is 4.05. The van der Waals surface area contributed by atoms with Crippen LogP contribution in [0.15, 0.2) is 0 Å². The first-order valence-corrected chi connectivity index (χ1v) is 5.91. The Balaban J connectivity index is 2.35. The summed E-state index contributed by atoms with van der Waals surface area (Å²) in [6.45, 7) is 7.92. The number of halogens is 1. The van der Waals surface area contributed by atoms with Gasteiger partial charge in [0.1, 0.15) is 6.17 Å². The molecule has 3 nitrogen and oxygen atoms in total. The minimum atomic E-state index is -0.666. The summed E-state index contributed by atoms with van der Waals surface area (Å²) in [7, 11) is 1.95. The van der Waals surface area contributed by atoms with Gasteiger partial charge in [0.2, 0.25) is 0 Å². The maximum absolute atomic E-state index is 13.4. The van der Waals surface area contributed by atoms with Gasteiger partial charge in [0.15, 0.2) is 0 Å². The zero-order chi connectivity index (χ0) is 11.3. The highest BCUT2D eigenvalue weighted by Gasteiger charge is 2.28. The van der Waals surface area contributed by atoms with E-state index in [1.807, 2.05) is 7.05 Å². The molecule has 0 radical (unpaired) electrons. The summed E-state index contributed by atoms with van der Waals surface area (Å²) in [6.07, 6.45) is 0.00338. The molecule has 0 aromatic rings. The number of nitrogens with zero attached hydrogens (tertiary/aromatic N) is 1. The van der Waals surface area contributed by atoms with Crippen LogP contribution in [0.3, 0.4) is 0 Å². The molecular formula is C11H24FN3. The number of alkyl halides is 1. The van der Waals surface area contributed by atoms with E-state index in [2.05, 4.69) is 29.4 Å². The van der Waals surface area contributed by atoms with Crippen LogP contribution >= 0.6 is 0 Å². The standard InChI is InChI=1S/C11H24FN3/c1-9(2)15(7-6-13-3)8-11-10(12)4-5-14-11/h9-11,13-14H,4-8H2,1-3H3. The van der Waals surface area contributed by atoms with E-state index in [4.69, 9.17) is 0 Å². The Hall–Kier alpha value is -0.190. The fourth-order valence-electron chi connectivity index (χ4n) is 1.98. The van der Waals surface area contributed by atoms with E-state index in [0.29, 0.717) is 12.5 Å². The lowest BCUT2D eigenvalue weighted by Crippen LogP contribution is -2.46. The highest BCUT2D eigenvalue weighted by atomic mass is 19.1. The first-order chi connectivity index (χ1) is 7.15. The molecule has 2 unspecified atom stereocenters. The van der Waals surface area contributed by atoms with Gasteiger partial charge in [0.05, 0.1) is 6.04 Å². The predicted octanol–water partition coefficient (Wildman–Crippen LogP) is 0.616. The molecule has 1 saturated heterocycles. The molecule has 1 rings (SSSR count). The van der Waals surface area contributed by atoms with Gasteiger partial charge in [-0.05, 0) is 33.9 Å². The van der Waals surface area contributed by atoms with Gasteiger partial charge in [-0.15, -0.1) is 0 Å². The lowest BCUT2D eigenvalue weighted by molar-refractivity contribution is 0.174. The van der Waals surface area contributed by atoms with Crippen LogP contribution in [0.4, 0.5) is 4.39 Å². The van der Waals surface area contributed by atoms with Crippen molar-refractivity contribution in [3.63, 3.8) is 0 Å². The normalized spacial score (nSPS) is 26.8. The maximum Gasteiger partial charge on any atom is 0.118 e. The quantitative estimate of drug-likeness (QED) is 0.683. The van der Waals surface area contributed by atoms with Crippen LogP contribution < -0.4 is 10.6 Å². The predicted molar refractivity (Wildman–Crippen MR) is 61.9 cm³/mol. The van der Waals surface area contributed by atoms with E-state index < -0.39 is 6.17 Å². The summed E-state index contributed by atoms with van der Waals surface area (Å²) in [6, 6.07) is 0.511. The minimum Gasteiger partial charge on any atom is -0.318 e. The Morgan fingerprint density at radius 1 is 1.53 bits per heavy atom. The highest BCUT2D eigenvalue weighted by Crippen LogP contribution is 2.13. The lowest BCUT2D eigenvalue weighted by Gasteiger charge is -2.29. The first kappa shape index (κ1) is 12.9. The van der Waals surface area contributed by atoms with Gasteiger partial charge in [0.25, 0.3) is 0 Å². The molecule has 15 heavy (non-hydrogen) atoms. The van der Waals surface area contributed by atoms with E-state index in [0.717, 1.165) is 26.2 Å². The smallest absolute Gasteiger partial charge is 0.118 e. The van der Waals surface area contributed by atoms with Crippen molar-refractivity contribution < 1.29 is 4.39 Å². The molecule has 0 spiro atoms. The second-order valence-corrected chi connectivity index (χ2v) is 4.56. The van der Waals surface area contributed by atoms with Gasteiger partial charge in [-0.2, -0.15) is 0 Å². The molecule has 90 valence electrons. The molecular weight excluding hydrogens is 193 g/mol. The Morgan fingerprint density at radius 2 is 2.27 bits per heavy atom. The van der Waals surface area contributed by atoms with Crippen molar-refractivity contribution in [3.8, 4) is 0 Å². The largest absolute Gasteiger partial charge is 0.318 e. The van der Waals surface area contributed by atoms with Crippen molar-refractivity contribution in [3.05, 3.63) is 0 Å². The number of likely N-dealkylation sites (N-methyl/N-ethyl adjacent to an activating group) is 1. The molecule has 2 atom stereocenters. The fraction of sp³-hybridized carbons (Fsp3) is 1.00. The average molecular weight is 217 g/mol. The summed E-state index contributed by atoms with van der Waals surface area (Å²) in [4.78, 5) is 2.33. The second kappa shape index (κ2) is 6.40. The van der Waals surface area contributed by atoms with E-state index in [9.17, 15) is 4.39 Å². The molecule has 0 amide bonds. The summed E-state index contributed by atoms with van der Waals surface area (Å²) < 4.78 is 13.4. The third-order valence-corrected chi connectivity index (χ3v) is 3.07. The Kier molecular flexibility index (Phi) is 5.50. The van der Waals surface area contributed by atoms with Gasteiger partial charge < -0.3 is 10.6 Å². The van der Waals surface area contributed by atoms with Gasteiger partial charge in [-0.25, -0.2) is 4.39 Å². The Morgan fingerprint density at radius 3 is 2.73 bits per heavy atom. The average Bonchev–Trinajstić information content (AvgIpc) is 2.58. The fourth-order valence-corrected chi connectivity index (χ4v) is 1.98. The van der Waals surface area contributed by atoms with Crippen LogP contribution in [-0.4, -0.2) is 56.4 Å². The van der Waals surface area contributed by atoms with Crippen LogP contribution in [0.5, 0.6) is 0 Å². The van der Waals surface area contributed by atoms with Crippen LogP contribution in [-0.2, 0) is 0 Å². The third-order valence-electron chi connectivity index (χ3n) is 3.07. The van der Waals surface area contributed by atoms with Gasteiger partial charge in [0, 0.05) is 25.7 Å². The van der Waals surface area contributed by atoms with Crippen molar-refractivity contribution in [1.29, 1.82) is 0 Å². The molecule has 1 aliphatic rings. The van der Waals surface area contributed by atoms with Crippen LogP contribution in [0.1, 0.15) is 20.3 Å². The van der Waals surface area contributed by atoms with E-state index in [1.165, 1.54) is 0 Å². The summed E-state index contributed by atoms with van der Waals surface area (Å²) in [5.74, 6) is 0. The Labute approximate surface area is 92.4 Å².